The Bertz CT molecular complexity index is 459. The smallest absolute Gasteiger partial charge is 0.324 e. The van der Waals surface area contributed by atoms with Crippen LogP contribution < -0.4 is 5.32 Å². The van der Waals surface area contributed by atoms with Gasteiger partial charge in [-0.25, -0.2) is 4.79 Å². The highest BCUT2D eigenvalue weighted by molar-refractivity contribution is 7.09. The number of hydrogen-bond donors (Lipinski definition) is 2. The van der Waals surface area contributed by atoms with Crippen molar-refractivity contribution in [3.63, 3.8) is 0 Å². The van der Waals surface area contributed by atoms with Gasteiger partial charge in [-0.3, -0.25) is 14.9 Å². The molecule has 2 N–H and O–H groups in total. The molecule has 0 aliphatic carbocycles. The monoisotopic (exact) mass is 298 g/mol. The predicted octanol–water partition coefficient (Wildman–Crippen LogP) is 2.06. The van der Waals surface area contributed by atoms with E-state index in [9.17, 15) is 14.4 Å². The van der Waals surface area contributed by atoms with Crippen molar-refractivity contribution in [2.45, 2.75) is 32.7 Å². The molecule has 110 valence electrons. The summed E-state index contributed by atoms with van der Waals surface area (Å²) >= 11 is 1.55. The molecule has 0 saturated carbocycles. The molecule has 6 nitrogen and oxygen atoms in total. The van der Waals surface area contributed by atoms with Gasteiger partial charge >= 0.3 is 12.0 Å². The van der Waals surface area contributed by atoms with Crippen molar-refractivity contribution in [1.82, 2.24) is 10.2 Å². The van der Waals surface area contributed by atoms with Crippen LogP contribution in [-0.2, 0) is 16.1 Å². The summed E-state index contributed by atoms with van der Waals surface area (Å²) in [6, 6.07) is 3.39. The largest absolute Gasteiger partial charge is 0.481 e. The zero-order valence-electron chi connectivity index (χ0n) is 11.3. The molecule has 0 spiro atoms. The maximum atomic E-state index is 11.9. The number of carboxylic acid groups (broad SMARTS) is 1. The van der Waals surface area contributed by atoms with Gasteiger partial charge in [-0.15, -0.1) is 11.3 Å². The van der Waals surface area contributed by atoms with E-state index in [0.717, 1.165) is 4.88 Å². The number of thiophene rings is 1. The fourth-order valence-corrected chi connectivity index (χ4v) is 2.30. The van der Waals surface area contributed by atoms with Gasteiger partial charge in [0.25, 0.3) is 0 Å². The Labute approximate surface area is 121 Å². The van der Waals surface area contributed by atoms with Crippen molar-refractivity contribution in [1.29, 1.82) is 0 Å². The number of rotatable bonds is 7. The predicted molar refractivity (Wildman–Crippen MR) is 75.4 cm³/mol. The molecule has 1 aromatic rings. The Balaban J connectivity index is 2.38. The van der Waals surface area contributed by atoms with Gasteiger partial charge in [0.15, 0.2) is 0 Å². The molecule has 7 heteroatoms. The number of imide groups is 1. The Morgan fingerprint density at radius 1 is 1.35 bits per heavy atom. The lowest BCUT2D eigenvalue weighted by Gasteiger charge is -2.20. The third-order valence-corrected chi connectivity index (χ3v) is 3.50. The summed E-state index contributed by atoms with van der Waals surface area (Å²) in [7, 11) is 0. The minimum Gasteiger partial charge on any atom is -0.481 e. The summed E-state index contributed by atoms with van der Waals surface area (Å²) in [5.41, 5.74) is 0. The number of hydrogen-bond acceptors (Lipinski definition) is 4. The van der Waals surface area contributed by atoms with Gasteiger partial charge in [-0.1, -0.05) is 6.07 Å². The number of carboxylic acids is 1. The SMILES string of the molecule is CCN(Cc1cccs1)C(=O)NC(=O)CCCC(=O)O. The molecule has 0 radical (unpaired) electrons. The first-order valence-corrected chi connectivity index (χ1v) is 7.23. The molecule has 1 rings (SSSR count). The number of aliphatic carboxylic acids is 1. The number of carbonyl (C=O) groups excluding carboxylic acids is 2. The molecular weight excluding hydrogens is 280 g/mol. The van der Waals surface area contributed by atoms with Gasteiger partial charge in [0.2, 0.25) is 5.91 Å². The second-order valence-corrected chi connectivity index (χ2v) is 5.23. The van der Waals surface area contributed by atoms with E-state index in [1.165, 1.54) is 4.90 Å². The first-order chi connectivity index (χ1) is 9.52. The highest BCUT2D eigenvalue weighted by Crippen LogP contribution is 2.11. The van der Waals surface area contributed by atoms with Crippen molar-refractivity contribution in [3.05, 3.63) is 22.4 Å². The average Bonchev–Trinajstić information content (AvgIpc) is 2.88. The van der Waals surface area contributed by atoms with E-state index in [1.807, 2.05) is 24.4 Å². The van der Waals surface area contributed by atoms with Crippen LogP contribution in [0.25, 0.3) is 0 Å². The maximum absolute atomic E-state index is 11.9. The van der Waals surface area contributed by atoms with Crippen LogP contribution in [0.4, 0.5) is 4.79 Å². The first kappa shape index (κ1) is 16.2. The van der Waals surface area contributed by atoms with E-state index in [-0.39, 0.29) is 19.3 Å². The molecule has 1 aromatic heterocycles. The summed E-state index contributed by atoms with van der Waals surface area (Å²) in [6.45, 7) is 2.79. The molecule has 0 aliphatic heterocycles. The highest BCUT2D eigenvalue weighted by Gasteiger charge is 2.15. The van der Waals surface area contributed by atoms with Gasteiger partial charge in [0.1, 0.15) is 0 Å². The van der Waals surface area contributed by atoms with Gasteiger partial charge < -0.3 is 10.0 Å². The molecule has 3 amide bonds. The van der Waals surface area contributed by atoms with E-state index < -0.39 is 17.9 Å². The van der Waals surface area contributed by atoms with E-state index in [4.69, 9.17) is 5.11 Å². The summed E-state index contributed by atoms with van der Waals surface area (Å²) in [4.78, 5) is 36.3. The average molecular weight is 298 g/mol. The number of carbonyl (C=O) groups is 3. The third-order valence-electron chi connectivity index (χ3n) is 2.64. The van der Waals surface area contributed by atoms with Crippen molar-refractivity contribution in [2.75, 3.05) is 6.54 Å². The lowest BCUT2D eigenvalue weighted by molar-refractivity contribution is -0.137. The summed E-state index contributed by atoms with van der Waals surface area (Å²) in [5.74, 6) is -1.39. The number of urea groups is 1. The third kappa shape index (κ3) is 5.83. The van der Waals surface area contributed by atoms with Crippen molar-refractivity contribution in [3.8, 4) is 0 Å². The molecule has 0 unspecified atom stereocenters. The minimum absolute atomic E-state index is 0.0363. The van der Waals surface area contributed by atoms with Crippen molar-refractivity contribution in [2.24, 2.45) is 0 Å². The summed E-state index contributed by atoms with van der Waals surface area (Å²) in [5, 5.41) is 12.7. The lowest BCUT2D eigenvalue weighted by atomic mass is 10.2. The lowest BCUT2D eigenvalue weighted by Crippen LogP contribution is -2.42. The molecule has 1 heterocycles. The van der Waals surface area contributed by atoms with Crippen LogP contribution >= 0.6 is 11.3 Å². The van der Waals surface area contributed by atoms with Crippen LogP contribution in [0.3, 0.4) is 0 Å². The van der Waals surface area contributed by atoms with E-state index in [1.54, 1.807) is 11.3 Å². The van der Waals surface area contributed by atoms with Crippen LogP contribution in [0.2, 0.25) is 0 Å². The van der Waals surface area contributed by atoms with Crippen molar-refractivity contribution < 1.29 is 19.5 Å². The molecule has 0 aromatic carbocycles. The molecule has 0 fully saturated rings. The quantitative estimate of drug-likeness (QED) is 0.806. The van der Waals surface area contributed by atoms with Crippen LogP contribution in [0, 0.1) is 0 Å². The van der Waals surface area contributed by atoms with E-state index in [0.29, 0.717) is 13.1 Å². The second kappa shape index (κ2) is 8.31. The molecule has 0 saturated heterocycles. The summed E-state index contributed by atoms with van der Waals surface area (Å²) in [6.07, 6.45) is 0.189. The van der Waals surface area contributed by atoms with Crippen molar-refractivity contribution >= 4 is 29.2 Å². The van der Waals surface area contributed by atoms with Crippen LogP contribution in [0.15, 0.2) is 17.5 Å². The van der Waals surface area contributed by atoms with Crippen LogP contribution in [0.1, 0.15) is 31.1 Å². The van der Waals surface area contributed by atoms with Crippen LogP contribution in [0.5, 0.6) is 0 Å². The van der Waals surface area contributed by atoms with E-state index in [2.05, 4.69) is 5.32 Å². The van der Waals surface area contributed by atoms with E-state index >= 15 is 0 Å². The zero-order chi connectivity index (χ0) is 15.0. The topological polar surface area (TPSA) is 86.7 Å². The number of amides is 3. The minimum atomic E-state index is -0.947. The molecule has 20 heavy (non-hydrogen) atoms. The Hall–Kier alpha value is -1.89. The number of nitrogens with zero attached hydrogens (tertiary/aromatic N) is 1. The second-order valence-electron chi connectivity index (χ2n) is 4.19. The zero-order valence-corrected chi connectivity index (χ0v) is 12.1. The molecule has 0 aliphatic rings. The normalized spacial score (nSPS) is 10.1. The van der Waals surface area contributed by atoms with Gasteiger partial charge in [-0.05, 0) is 24.8 Å². The maximum Gasteiger partial charge on any atom is 0.324 e. The number of nitrogens with one attached hydrogen (secondary N) is 1. The van der Waals surface area contributed by atoms with Crippen LogP contribution in [-0.4, -0.2) is 34.5 Å². The Morgan fingerprint density at radius 3 is 2.65 bits per heavy atom. The highest BCUT2D eigenvalue weighted by atomic mass is 32.1. The molecule has 0 bridgehead atoms. The fraction of sp³-hybridized carbons (Fsp3) is 0.462. The molecule has 0 atom stereocenters. The van der Waals surface area contributed by atoms with Gasteiger partial charge in [0, 0.05) is 24.3 Å². The Kier molecular flexibility index (Phi) is 6.72. The van der Waals surface area contributed by atoms with Gasteiger partial charge in [0.05, 0.1) is 6.54 Å². The standard InChI is InChI=1S/C13H18N2O4S/c1-2-15(9-10-5-4-8-20-10)13(19)14-11(16)6-3-7-12(17)18/h4-5,8H,2-3,6-7,9H2,1H3,(H,17,18)(H,14,16,19). The van der Waals surface area contributed by atoms with Gasteiger partial charge in [-0.2, -0.15) is 0 Å². The molecular formula is C13H18N2O4S. The summed E-state index contributed by atoms with van der Waals surface area (Å²) < 4.78 is 0. The Morgan fingerprint density at radius 2 is 2.10 bits per heavy atom. The first-order valence-electron chi connectivity index (χ1n) is 6.35. The fourth-order valence-electron chi connectivity index (χ4n) is 1.58.